The monoisotopic (exact) mass is 336 g/mol. The molecule has 4 aromatic rings. The molecule has 0 aliphatic rings. The third-order valence-electron chi connectivity index (χ3n) is 4.78. The molecule has 1 heterocycles. The van der Waals surface area contributed by atoms with E-state index in [9.17, 15) is 0 Å². The molecule has 0 N–H and O–H groups in total. The van der Waals surface area contributed by atoms with E-state index in [0.29, 0.717) is 13.0 Å². The van der Waals surface area contributed by atoms with Gasteiger partial charge in [-0.1, -0.05) is 72.3 Å². The Bertz CT molecular complexity index is 1080. The molecule has 0 aliphatic heterocycles. The van der Waals surface area contributed by atoms with E-state index in [1.807, 2.05) is 12.1 Å². The van der Waals surface area contributed by atoms with Gasteiger partial charge in [0, 0.05) is 23.0 Å². The van der Waals surface area contributed by atoms with E-state index < -0.39 is 0 Å². The van der Waals surface area contributed by atoms with E-state index in [-0.39, 0.29) is 0 Å². The largest absolute Gasteiger partial charge is 0.339 e. The second-order valence-electron chi connectivity index (χ2n) is 6.54. The standard InChI is InChI=1S/C24H20N2/c1-18-13-14-22-21(17-18)23(19-9-4-2-5-10-19)24(26(22)16-8-15-25)20-11-6-3-7-12-20/h2-7,9-14,17H,8,16H2,1H3. The summed E-state index contributed by atoms with van der Waals surface area (Å²) < 4.78 is 2.30. The second-order valence-corrected chi connectivity index (χ2v) is 6.54. The zero-order valence-electron chi connectivity index (χ0n) is 14.8. The minimum Gasteiger partial charge on any atom is -0.339 e. The van der Waals surface area contributed by atoms with Gasteiger partial charge >= 0.3 is 0 Å². The predicted octanol–water partition coefficient (Wildman–Crippen LogP) is 6.20. The molecule has 0 bridgehead atoms. The molecule has 0 fully saturated rings. The van der Waals surface area contributed by atoms with Crippen molar-refractivity contribution in [2.45, 2.75) is 19.9 Å². The lowest BCUT2D eigenvalue weighted by Gasteiger charge is -2.11. The Kier molecular flexibility index (Phi) is 4.29. The topological polar surface area (TPSA) is 28.7 Å². The molecule has 0 spiro atoms. The van der Waals surface area contributed by atoms with E-state index in [2.05, 4.69) is 84.3 Å². The van der Waals surface area contributed by atoms with Crippen molar-refractivity contribution in [1.82, 2.24) is 4.57 Å². The molecule has 4 rings (SSSR count). The van der Waals surface area contributed by atoms with Crippen LogP contribution in [0, 0.1) is 18.3 Å². The van der Waals surface area contributed by atoms with Gasteiger partial charge in [0.25, 0.3) is 0 Å². The molecular formula is C24H20N2. The number of aryl methyl sites for hydroxylation is 2. The van der Waals surface area contributed by atoms with Gasteiger partial charge in [-0.3, -0.25) is 0 Å². The van der Waals surface area contributed by atoms with Crippen molar-refractivity contribution in [3.63, 3.8) is 0 Å². The Balaban J connectivity index is 2.12. The van der Waals surface area contributed by atoms with Gasteiger partial charge in [-0.2, -0.15) is 5.26 Å². The van der Waals surface area contributed by atoms with Gasteiger partial charge in [-0.25, -0.2) is 0 Å². The molecule has 3 aromatic carbocycles. The lowest BCUT2D eigenvalue weighted by Crippen LogP contribution is -2.00. The maximum atomic E-state index is 9.17. The number of nitrogens with zero attached hydrogens (tertiary/aromatic N) is 2. The summed E-state index contributed by atoms with van der Waals surface area (Å²) in [7, 11) is 0. The van der Waals surface area contributed by atoms with Crippen LogP contribution in [0.15, 0.2) is 78.9 Å². The summed E-state index contributed by atoms with van der Waals surface area (Å²) in [6.45, 7) is 2.82. The molecule has 1 aromatic heterocycles. The minimum absolute atomic E-state index is 0.492. The zero-order valence-corrected chi connectivity index (χ0v) is 14.8. The number of rotatable bonds is 4. The molecule has 0 radical (unpaired) electrons. The fourth-order valence-corrected chi connectivity index (χ4v) is 3.66. The van der Waals surface area contributed by atoms with Crippen LogP contribution in [-0.4, -0.2) is 4.57 Å². The zero-order chi connectivity index (χ0) is 17.9. The van der Waals surface area contributed by atoms with Crippen LogP contribution in [0.25, 0.3) is 33.3 Å². The summed E-state index contributed by atoms with van der Waals surface area (Å²) in [5, 5.41) is 10.4. The van der Waals surface area contributed by atoms with Gasteiger partial charge in [-0.05, 0) is 30.2 Å². The van der Waals surface area contributed by atoms with Crippen LogP contribution in [0.3, 0.4) is 0 Å². The quantitative estimate of drug-likeness (QED) is 0.436. The van der Waals surface area contributed by atoms with E-state index >= 15 is 0 Å². The first kappa shape index (κ1) is 16.2. The Labute approximate surface area is 153 Å². The third-order valence-corrected chi connectivity index (χ3v) is 4.78. The van der Waals surface area contributed by atoms with Crippen molar-refractivity contribution in [3.05, 3.63) is 84.4 Å². The van der Waals surface area contributed by atoms with E-state index in [1.54, 1.807) is 0 Å². The highest BCUT2D eigenvalue weighted by molar-refractivity contribution is 6.04. The maximum absolute atomic E-state index is 9.17. The lowest BCUT2D eigenvalue weighted by atomic mass is 9.98. The Morgan fingerprint density at radius 2 is 1.50 bits per heavy atom. The summed E-state index contributed by atoms with van der Waals surface area (Å²) in [5.74, 6) is 0. The number of hydrogen-bond acceptors (Lipinski definition) is 1. The van der Waals surface area contributed by atoms with E-state index in [4.69, 9.17) is 5.26 Å². The second kappa shape index (κ2) is 6.90. The summed E-state index contributed by atoms with van der Waals surface area (Å²) >= 11 is 0. The SMILES string of the molecule is Cc1ccc2c(c1)c(-c1ccccc1)c(-c1ccccc1)n2CCC#N. The van der Waals surface area contributed by atoms with Crippen molar-refractivity contribution in [3.8, 4) is 28.5 Å². The van der Waals surface area contributed by atoms with Crippen molar-refractivity contribution >= 4 is 10.9 Å². The maximum Gasteiger partial charge on any atom is 0.0640 e. The average Bonchev–Trinajstić information content (AvgIpc) is 3.01. The first-order chi connectivity index (χ1) is 12.8. The highest BCUT2D eigenvalue weighted by Gasteiger charge is 2.19. The summed E-state index contributed by atoms with van der Waals surface area (Å²) in [6.07, 6.45) is 0.492. The van der Waals surface area contributed by atoms with Crippen molar-refractivity contribution < 1.29 is 0 Å². The molecule has 126 valence electrons. The molecular weight excluding hydrogens is 316 g/mol. The molecule has 0 atom stereocenters. The van der Waals surface area contributed by atoms with Crippen LogP contribution in [0.1, 0.15) is 12.0 Å². The van der Waals surface area contributed by atoms with Gasteiger partial charge in [0.05, 0.1) is 18.2 Å². The van der Waals surface area contributed by atoms with Crippen LogP contribution in [0.4, 0.5) is 0 Å². The average molecular weight is 336 g/mol. The molecule has 0 amide bonds. The van der Waals surface area contributed by atoms with Gasteiger partial charge in [0.15, 0.2) is 0 Å². The van der Waals surface area contributed by atoms with Crippen molar-refractivity contribution in [1.29, 1.82) is 5.26 Å². The van der Waals surface area contributed by atoms with Gasteiger partial charge < -0.3 is 4.57 Å². The molecule has 26 heavy (non-hydrogen) atoms. The normalized spacial score (nSPS) is 10.8. The van der Waals surface area contributed by atoms with Crippen molar-refractivity contribution in [2.24, 2.45) is 0 Å². The Morgan fingerprint density at radius 1 is 0.846 bits per heavy atom. The smallest absolute Gasteiger partial charge is 0.0640 e. The number of fused-ring (bicyclic) bond motifs is 1. The fourth-order valence-electron chi connectivity index (χ4n) is 3.66. The van der Waals surface area contributed by atoms with Crippen molar-refractivity contribution in [2.75, 3.05) is 0 Å². The fraction of sp³-hybridized carbons (Fsp3) is 0.125. The molecule has 0 saturated heterocycles. The highest BCUT2D eigenvalue weighted by Crippen LogP contribution is 2.41. The molecule has 2 heteroatoms. The number of aromatic nitrogens is 1. The lowest BCUT2D eigenvalue weighted by molar-refractivity contribution is 0.751. The summed E-state index contributed by atoms with van der Waals surface area (Å²) in [4.78, 5) is 0. The third kappa shape index (κ3) is 2.78. The van der Waals surface area contributed by atoms with Crippen LogP contribution < -0.4 is 0 Å². The first-order valence-corrected chi connectivity index (χ1v) is 8.90. The summed E-state index contributed by atoms with van der Waals surface area (Å²) in [5.41, 5.74) is 7.24. The van der Waals surface area contributed by atoms with Crippen LogP contribution >= 0.6 is 0 Å². The van der Waals surface area contributed by atoms with E-state index in [0.717, 1.165) is 0 Å². The Morgan fingerprint density at radius 3 is 2.15 bits per heavy atom. The molecule has 0 saturated carbocycles. The van der Waals surface area contributed by atoms with Crippen LogP contribution in [0.5, 0.6) is 0 Å². The number of benzene rings is 3. The van der Waals surface area contributed by atoms with Gasteiger partial charge in [-0.15, -0.1) is 0 Å². The highest BCUT2D eigenvalue weighted by atomic mass is 15.0. The minimum atomic E-state index is 0.492. The Hall–Kier alpha value is -3.31. The van der Waals surface area contributed by atoms with Crippen LogP contribution in [-0.2, 0) is 6.54 Å². The van der Waals surface area contributed by atoms with Gasteiger partial charge in [0.2, 0.25) is 0 Å². The number of nitriles is 1. The molecule has 2 nitrogen and oxygen atoms in total. The van der Waals surface area contributed by atoms with Crippen LogP contribution in [0.2, 0.25) is 0 Å². The van der Waals surface area contributed by atoms with E-state index in [1.165, 1.54) is 38.9 Å². The predicted molar refractivity (Wildman–Crippen MR) is 108 cm³/mol. The summed E-state index contributed by atoms with van der Waals surface area (Å²) in [6, 6.07) is 29.9. The molecule has 0 unspecified atom stereocenters. The first-order valence-electron chi connectivity index (χ1n) is 8.90. The molecule has 0 aliphatic carbocycles. The number of hydrogen-bond donors (Lipinski definition) is 0. The van der Waals surface area contributed by atoms with Gasteiger partial charge in [0.1, 0.15) is 0 Å².